The van der Waals surface area contributed by atoms with Gasteiger partial charge in [0.15, 0.2) is 0 Å². The van der Waals surface area contributed by atoms with Gasteiger partial charge in [-0.25, -0.2) is 0 Å². The third-order valence-electron chi connectivity index (χ3n) is 3.89. The van der Waals surface area contributed by atoms with Crippen LogP contribution >= 0.6 is 11.3 Å². The van der Waals surface area contributed by atoms with Gasteiger partial charge in [-0.1, -0.05) is 6.07 Å². The van der Waals surface area contributed by atoms with Gasteiger partial charge in [0, 0.05) is 18.0 Å². The number of nitrogens with zero attached hydrogens (tertiary/aromatic N) is 1. The number of hydrogen-bond donors (Lipinski definition) is 1. The minimum atomic E-state index is -0.605. The SMILES string of the molecule is COc1ccc(OCC(O)CN(Cc2ccco2)Cc2cccs2)cc1. The van der Waals surface area contributed by atoms with Crippen molar-refractivity contribution in [3.63, 3.8) is 0 Å². The van der Waals surface area contributed by atoms with E-state index in [1.165, 1.54) is 4.88 Å². The van der Waals surface area contributed by atoms with E-state index in [1.54, 1.807) is 24.7 Å². The van der Waals surface area contributed by atoms with Crippen LogP contribution in [0, 0.1) is 0 Å². The summed E-state index contributed by atoms with van der Waals surface area (Å²) in [5, 5.41) is 12.5. The predicted molar refractivity (Wildman–Crippen MR) is 102 cm³/mol. The molecule has 0 aliphatic heterocycles. The molecule has 0 fully saturated rings. The molecule has 1 unspecified atom stereocenters. The number of aliphatic hydroxyl groups excluding tert-OH is 1. The number of benzene rings is 1. The summed E-state index contributed by atoms with van der Waals surface area (Å²) in [6.07, 6.45) is 1.06. The van der Waals surface area contributed by atoms with Gasteiger partial charge in [0.05, 0.1) is 19.9 Å². The fourth-order valence-corrected chi connectivity index (χ4v) is 3.39. The number of furan rings is 1. The Hall–Kier alpha value is -2.28. The molecule has 3 aromatic rings. The van der Waals surface area contributed by atoms with Crippen molar-refractivity contribution in [1.29, 1.82) is 0 Å². The van der Waals surface area contributed by atoms with E-state index in [4.69, 9.17) is 13.9 Å². The smallest absolute Gasteiger partial charge is 0.119 e. The maximum Gasteiger partial charge on any atom is 0.119 e. The molecule has 0 amide bonds. The van der Waals surface area contributed by atoms with Crippen molar-refractivity contribution in [3.05, 3.63) is 70.8 Å². The van der Waals surface area contributed by atoms with Crippen LogP contribution < -0.4 is 9.47 Å². The lowest BCUT2D eigenvalue weighted by Gasteiger charge is -2.24. The number of hydrogen-bond acceptors (Lipinski definition) is 6. The fourth-order valence-electron chi connectivity index (χ4n) is 2.65. The largest absolute Gasteiger partial charge is 0.497 e. The highest BCUT2D eigenvalue weighted by Gasteiger charge is 2.15. The molecular formula is C20H23NO4S. The predicted octanol–water partition coefficient (Wildman–Crippen LogP) is 3.79. The van der Waals surface area contributed by atoms with Gasteiger partial charge in [0.25, 0.3) is 0 Å². The summed E-state index contributed by atoms with van der Waals surface area (Å²) in [6, 6.07) is 15.3. The molecule has 0 aliphatic carbocycles. The molecule has 0 aliphatic rings. The summed E-state index contributed by atoms with van der Waals surface area (Å²) in [5.41, 5.74) is 0. The molecular weight excluding hydrogens is 350 g/mol. The zero-order chi connectivity index (χ0) is 18.2. The van der Waals surface area contributed by atoms with E-state index in [0.29, 0.717) is 18.8 Å². The summed E-state index contributed by atoms with van der Waals surface area (Å²) in [5.74, 6) is 2.36. The highest BCUT2D eigenvalue weighted by molar-refractivity contribution is 7.09. The highest BCUT2D eigenvalue weighted by atomic mass is 32.1. The van der Waals surface area contributed by atoms with E-state index >= 15 is 0 Å². The minimum Gasteiger partial charge on any atom is -0.497 e. The first-order valence-electron chi connectivity index (χ1n) is 8.45. The second-order valence-corrected chi connectivity index (χ2v) is 7.00. The number of ether oxygens (including phenoxy) is 2. The molecule has 2 aromatic heterocycles. The molecule has 1 N–H and O–H groups in total. The van der Waals surface area contributed by atoms with Gasteiger partial charge >= 0.3 is 0 Å². The Labute approximate surface area is 157 Å². The lowest BCUT2D eigenvalue weighted by atomic mass is 10.3. The third-order valence-corrected chi connectivity index (χ3v) is 4.75. The second-order valence-electron chi connectivity index (χ2n) is 5.97. The molecule has 5 nitrogen and oxygen atoms in total. The van der Waals surface area contributed by atoms with Crippen LogP contribution in [0.4, 0.5) is 0 Å². The molecule has 1 aromatic carbocycles. The van der Waals surface area contributed by atoms with E-state index in [2.05, 4.69) is 16.3 Å². The molecule has 0 saturated carbocycles. The summed E-state index contributed by atoms with van der Waals surface area (Å²) in [6.45, 7) is 2.13. The summed E-state index contributed by atoms with van der Waals surface area (Å²) in [4.78, 5) is 3.41. The Balaban J connectivity index is 1.54. The van der Waals surface area contributed by atoms with Crippen molar-refractivity contribution in [2.24, 2.45) is 0 Å². The maximum absolute atomic E-state index is 10.4. The molecule has 1 atom stereocenters. The lowest BCUT2D eigenvalue weighted by Crippen LogP contribution is -2.34. The van der Waals surface area contributed by atoms with Gasteiger partial charge in [-0.05, 0) is 47.8 Å². The molecule has 3 rings (SSSR count). The second kappa shape index (κ2) is 9.43. The molecule has 2 heterocycles. The van der Waals surface area contributed by atoms with Crippen LogP contribution in [0.5, 0.6) is 11.5 Å². The highest BCUT2D eigenvalue weighted by Crippen LogP contribution is 2.18. The van der Waals surface area contributed by atoms with E-state index in [1.807, 2.05) is 42.5 Å². The standard InChI is InChI=1S/C20H23NO4S/c1-23-17-6-8-18(9-7-17)25-15-16(22)12-21(13-19-4-2-10-24-19)14-20-5-3-11-26-20/h2-11,16,22H,12-15H2,1H3. The Bertz CT molecular complexity index is 704. The zero-order valence-electron chi connectivity index (χ0n) is 14.7. The van der Waals surface area contributed by atoms with Crippen LogP contribution in [0.15, 0.2) is 64.6 Å². The van der Waals surface area contributed by atoms with Crippen molar-refractivity contribution in [2.45, 2.75) is 19.2 Å². The quantitative estimate of drug-likeness (QED) is 0.586. The van der Waals surface area contributed by atoms with Crippen LogP contribution in [0.3, 0.4) is 0 Å². The average molecular weight is 373 g/mol. The number of thiophene rings is 1. The van der Waals surface area contributed by atoms with Crippen LogP contribution in [-0.4, -0.2) is 36.4 Å². The molecule has 138 valence electrons. The molecule has 0 spiro atoms. The topological polar surface area (TPSA) is 55.1 Å². The summed E-state index contributed by atoms with van der Waals surface area (Å²) in [7, 11) is 1.63. The van der Waals surface area contributed by atoms with Gasteiger partial charge < -0.3 is 19.0 Å². The first-order chi connectivity index (χ1) is 12.7. The Morgan fingerprint density at radius 3 is 2.54 bits per heavy atom. The lowest BCUT2D eigenvalue weighted by molar-refractivity contribution is 0.0608. The number of methoxy groups -OCH3 is 1. The van der Waals surface area contributed by atoms with Crippen molar-refractivity contribution >= 4 is 11.3 Å². The van der Waals surface area contributed by atoms with Gasteiger partial charge in [0.1, 0.15) is 30.0 Å². The van der Waals surface area contributed by atoms with E-state index in [-0.39, 0.29) is 6.61 Å². The van der Waals surface area contributed by atoms with E-state index in [9.17, 15) is 5.11 Å². The first kappa shape index (κ1) is 18.5. The Kier molecular flexibility index (Phi) is 6.71. The van der Waals surface area contributed by atoms with Crippen molar-refractivity contribution in [2.75, 3.05) is 20.3 Å². The van der Waals surface area contributed by atoms with Crippen LogP contribution in [-0.2, 0) is 13.1 Å². The number of rotatable bonds is 10. The molecule has 0 bridgehead atoms. The van der Waals surface area contributed by atoms with Crippen molar-refractivity contribution < 1.29 is 19.0 Å². The van der Waals surface area contributed by atoms with Gasteiger partial charge in [-0.3, -0.25) is 4.90 Å². The Morgan fingerprint density at radius 2 is 1.88 bits per heavy atom. The zero-order valence-corrected chi connectivity index (χ0v) is 15.5. The molecule has 6 heteroatoms. The van der Waals surface area contributed by atoms with E-state index < -0.39 is 6.10 Å². The molecule has 0 saturated heterocycles. The van der Waals surface area contributed by atoms with Crippen LogP contribution in [0.1, 0.15) is 10.6 Å². The average Bonchev–Trinajstić information content (AvgIpc) is 3.34. The van der Waals surface area contributed by atoms with Gasteiger partial charge in [-0.15, -0.1) is 11.3 Å². The Morgan fingerprint density at radius 1 is 1.08 bits per heavy atom. The van der Waals surface area contributed by atoms with Gasteiger partial charge in [-0.2, -0.15) is 0 Å². The maximum atomic E-state index is 10.4. The normalized spacial score (nSPS) is 12.3. The fraction of sp³-hybridized carbons (Fsp3) is 0.300. The summed E-state index contributed by atoms with van der Waals surface area (Å²) >= 11 is 1.71. The molecule has 26 heavy (non-hydrogen) atoms. The third kappa shape index (κ3) is 5.62. The van der Waals surface area contributed by atoms with E-state index in [0.717, 1.165) is 18.1 Å². The van der Waals surface area contributed by atoms with Crippen LogP contribution in [0.25, 0.3) is 0 Å². The monoisotopic (exact) mass is 373 g/mol. The summed E-state index contributed by atoms with van der Waals surface area (Å²) < 4.78 is 16.3. The van der Waals surface area contributed by atoms with Gasteiger partial charge in [0.2, 0.25) is 0 Å². The number of aliphatic hydroxyl groups is 1. The minimum absolute atomic E-state index is 0.228. The molecule has 0 radical (unpaired) electrons. The first-order valence-corrected chi connectivity index (χ1v) is 9.33. The van der Waals surface area contributed by atoms with Crippen LogP contribution in [0.2, 0.25) is 0 Å². The van der Waals surface area contributed by atoms with Crippen molar-refractivity contribution in [3.8, 4) is 11.5 Å². The van der Waals surface area contributed by atoms with Crippen molar-refractivity contribution in [1.82, 2.24) is 4.90 Å².